The third-order valence-corrected chi connectivity index (χ3v) is 16.4. The number of benzene rings is 2. The van der Waals surface area contributed by atoms with Crippen molar-refractivity contribution < 1.29 is 91.9 Å². The van der Waals surface area contributed by atoms with Crippen molar-refractivity contribution in [3.05, 3.63) is 81.5 Å². The minimum absolute atomic E-state index is 0.0335. The fraction of sp³-hybridized carbons (Fsp3) is 0.558. The Morgan fingerprint density at radius 1 is 0.877 bits per heavy atom. The first-order valence-electron chi connectivity index (χ1n) is 24.1. The number of aromatic carboxylic acids is 1. The highest BCUT2D eigenvalue weighted by atomic mass is 32.1. The van der Waals surface area contributed by atoms with Crippen LogP contribution >= 0.6 is 11.3 Å². The number of carboxylic acids is 1. The maximum Gasteiger partial charge on any atom is 0.408 e. The van der Waals surface area contributed by atoms with Gasteiger partial charge in [-0.3, -0.25) is 9.59 Å². The van der Waals surface area contributed by atoms with Gasteiger partial charge < -0.3 is 63.6 Å². The number of amides is 1. The van der Waals surface area contributed by atoms with E-state index in [1.807, 2.05) is 0 Å². The highest BCUT2D eigenvalue weighted by molar-refractivity contribution is 7.16. The molecule has 73 heavy (non-hydrogen) atoms. The van der Waals surface area contributed by atoms with Crippen LogP contribution in [0.15, 0.2) is 60.7 Å². The Hall–Kier alpha value is -6.13. The van der Waals surface area contributed by atoms with Crippen LogP contribution in [0.2, 0.25) is 0 Å². The molecule has 1 saturated heterocycles. The molecule has 2 bridgehead atoms. The molecular formula is C52H61NO19S. The molecule has 5 aliphatic rings. The highest BCUT2D eigenvalue weighted by Gasteiger charge is 2.79. The maximum absolute atomic E-state index is 15.3. The van der Waals surface area contributed by atoms with E-state index < -0.39 is 136 Å². The van der Waals surface area contributed by atoms with Gasteiger partial charge in [-0.05, 0) is 51.3 Å². The quantitative estimate of drug-likeness (QED) is 0.125. The largest absolute Gasteiger partial charge is 0.488 e. The van der Waals surface area contributed by atoms with Crippen LogP contribution < -0.4 is 14.8 Å². The second-order valence-corrected chi connectivity index (χ2v) is 22.2. The molecule has 21 heteroatoms. The number of carbonyl (C=O) groups is 7. The van der Waals surface area contributed by atoms with E-state index in [4.69, 9.17) is 37.9 Å². The van der Waals surface area contributed by atoms with Crippen molar-refractivity contribution in [3.8, 4) is 11.5 Å². The average Bonchev–Trinajstić information content (AvgIpc) is 3.52. The number of esters is 4. The topological polar surface area (TPSA) is 286 Å². The van der Waals surface area contributed by atoms with Crippen LogP contribution in [0.3, 0.4) is 0 Å². The first kappa shape index (κ1) is 53.2. The third-order valence-electron chi connectivity index (χ3n) is 15.3. The lowest BCUT2D eigenvalue weighted by Crippen LogP contribution is -2.83. The predicted octanol–water partition coefficient (Wildman–Crippen LogP) is 4.98. The van der Waals surface area contributed by atoms with Crippen LogP contribution in [0.5, 0.6) is 11.5 Å². The number of alkyl carbamates (subject to hydrolysis) is 1. The fourth-order valence-corrected chi connectivity index (χ4v) is 12.7. The Balaban J connectivity index is 1.26. The lowest BCUT2D eigenvalue weighted by Gasteiger charge is -2.68. The summed E-state index contributed by atoms with van der Waals surface area (Å²) in [6.45, 7) is 11.8. The summed E-state index contributed by atoms with van der Waals surface area (Å²) < 4.78 is 47.9. The van der Waals surface area contributed by atoms with Gasteiger partial charge in [0, 0.05) is 37.5 Å². The zero-order valence-corrected chi connectivity index (χ0v) is 42.4. The van der Waals surface area contributed by atoms with Crippen molar-refractivity contribution in [2.45, 2.75) is 134 Å². The SMILES string of the molecule is CC(=O)O[C@@]12CO[C@@H]1C[C@H](O)[C@@]1(C)C(=O)[C@H](O)[C@@H]3C(C)C(OC(=O)[C@H](OC(=O)c4sc(C(=O)O)c5c4OCCCO5)[C@@H](NC(=O)OC(C)(C)C)c4ccccc4)C[C@@](O)([C@@H](OC(=O)c4ccccc4)[C@H]21)C3(C)C. The van der Waals surface area contributed by atoms with Gasteiger partial charge in [-0.15, -0.1) is 11.3 Å². The molecular weight excluding hydrogens is 975 g/mol. The van der Waals surface area contributed by atoms with E-state index in [0.29, 0.717) is 17.8 Å². The van der Waals surface area contributed by atoms with Gasteiger partial charge in [0.1, 0.15) is 41.7 Å². The third kappa shape index (κ3) is 9.31. The molecule has 1 amide bonds. The van der Waals surface area contributed by atoms with E-state index in [9.17, 15) is 44.4 Å². The average molecular weight is 1040 g/mol. The van der Waals surface area contributed by atoms with Crippen LogP contribution in [-0.2, 0) is 42.8 Å². The number of nitrogens with one attached hydrogen (secondary N) is 1. The molecule has 3 aliphatic carbocycles. The second-order valence-electron chi connectivity index (χ2n) is 21.2. The van der Waals surface area contributed by atoms with Crippen molar-refractivity contribution in [2.75, 3.05) is 19.8 Å². The number of Topliss-reactive ketones (excluding diaryl/α,β-unsaturated/α-hetero) is 1. The Kier molecular flexibility index (Phi) is 14.3. The summed E-state index contributed by atoms with van der Waals surface area (Å²) in [7, 11) is 0. The molecule has 4 fully saturated rings. The summed E-state index contributed by atoms with van der Waals surface area (Å²) in [4.78, 5) is 98.1. The zero-order chi connectivity index (χ0) is 53.2. The molecule has 2 aliphatic heterocycles. The number of carbonyl (C=O) groups excluding carboxylic acids is 6. The molecule has 13 atom stereocenters. The molecule has 3 heterocycles. The number of hydrogen-bond donors (Lipinski definition) is 5. The second kappa shape index (κ2) is 19.6. The minimum atomic E-state index is -2.45. The molecule has 0 spiro atoms. The number of ether oxygens (including phenoxy) is 8. The number of aliphatic hydroxyl groups is 3. The van der Waals surface area contributed by atoms with Gasteiger partial charge in [0.05, 0.1) is 42.8 Å². The van der Waals surface area contributed by atoms with Crippen molar-refractivity contribution >= 4 is 53.1 Å². The molecule has 8 rings (SSSR count). The number of aliphatic hydroxyl groups excluding tert-OH is 2. The molecule has 3 aromatic rings. The van der Waals surface area contributed by atoms with Gasteiger partial charge in [-0.1, -0.05) is 69.3 Å². The lowest BCUT2D eigenvalue weighted by molar-refractivity contribution is -0.355. The number of thiophene rings is 1. The molecule has 2 unspecified atom stereocenters. The van der Waals surface area contributed by atoms with Gasteiger partial charge in [0.25, 0.3) is 0 Å². The zero-order valence-electron chi connectivity index (χ0n) is 41.6. The van der Waals surface area contributed by atoms with Crippen LogP contribution in [-0.4, -0.2) is 135 Å². The maximum atomic E-state index is 15.3. The Labute approximate surface area is 424 Å². The van der Waals surface area contributed by atoms with Crippen LogP contribution in [0.25, 0.3) is 0 Å². The van der Waals surface area contributed by atoms with Gasteiger partial charge in [0.2, 0.25) is 6.10 Å². The monoisotopic (exact) mass is 1040 g/mol. The van der Waals surface area contributed by atoms with E-state index in [-0.39, 0.29) is 58.6 Å². The molecule has 20 nitrogen and oxygen atoms in total. The minimum Gasteiger partial charge on any atom is -0.488 e. The molecule has 5 N–H and O–H groups in total. The highest BCUT2D eigenvalue weighted by Crippen LogP contribution is 2.65. The summed E-state index contributed by atoms with van der Waals surface area (Å²) in [6.07, 6.45) is -11.8. The standard InChI is InChI=1S/C52H61NO19S/c1-25-29(68-45(61)35(33(27-16-11-9-12-17-27)53-47(63)72-48(3,4)5)69-46(62)39-37-36(38(73-39)43(58)59)65-20-15-21-66-37)23-52(64)42(70-44(60)28-18-13-10-14-19-28)40-50(8,41(57)34(56)32(25)49(52,6)7)30(55)22-31-51(40,24-67-31)71-26(2)54/h9-14,16-19,25,29-35,40,42,55-56,64H,15,20-24H2,1-8H3,(H,53,63)(H,58,59)/t25?,29?,30-,31+,32-,33-,34+,35+,40-,42-,50+,51-,52+/m0/s1. The molecule has 394 valence electrons. The van der Waals surface area contributed by atoms with Gasteiger partial charge in [-0.25, -0.2) is 24.0 Å². The van der Waals surface area contributed by atoms with E-state index in [1.165, 1.54) is 31.2 Å². The fourth-order valence-electron chi connectivity index (χ4n) is 11.7. The first-order valence-corrected chi connectivity index (χ1v) is 24.9. The molecule has 2 aromatic carbocycles. The van der Waals surface area contributed by atoms with Crippen molar-refractivity contribution in [3.63, 3.8) is 0 Å². The lowest BCUT2D eigenvalue weighted by atomic mass is 9.42. The molecule has 3 saturated carbocycles. The summed E-state index contributed by atoms with van der Waals surface area (Å²) in [5.74, 6) is -11.2. The Morgan fingerprint density at radius 2 is 1.49 bits per heavy atom. The van der Waals surface area contributed by atoms with Crippen LogP contribution in [0.4, 0.5) is 4.79 Å². The first-order chi connectivity index (χ1) is 34.3. The number of carboxylic acid groups (broad SMARTS) is 1. The number of ketones is 1. The van der Waals surface area contributed by atoms with Gasteiger partial charge >= 0.3 is 35.9 Å². The Bertz CT molecular complexity index is 2650. The van der Waals surface area contributed by atoms with E-state index in [2.05, 4.69) is 5.32 Å². The summed E-state index contributed by atoms with van der Waals surface area (Å²) in [5, 5.41) is 51.2. The van der Waals surface area contributed by atoms with Gasteiger partial charge in [-0.2, -0.15) is 0 Å². The molecule has 0 radical (unpaired) electrons. The summed E-state index contributed by atoms with van der Waals surface area (Å²) >= 11 is 0.475. The predicted molar refractivity (Wildman–Crippen MR) is 254 cm³/mol. The summed E-state index contributed by atoms with van der Waals surface area (Å²) in [5.41, 5.74) is -8.80. The molecule has 1 aromatic heterocycles. The van der Waals surface area contributed by atoms with Crippen molar-refractivity contribution in [1.29, 1.82) is 0 Å². The number of hydrogen-bond acceptors (Lipinski definition) is 19. The van der Waals surface area contributed by atoms with Crippen molar-refractivity contribution in [1.82, 2.24) is 5.32 Å². The normalized spacial score (nSPS) is 31.9. The van der Waals surface area contributed by atoms with Crippen LogP contribution in [0, 0.1) is 28.6 Å². The number of rotatable bonds is 11. The summed E-state index contributed by atoms with van der Waals surface area (Å²) in [6, 6.07) is 14.0. The van der Waals surface area contributed by atoms with Gasteiger partial charge in [0.15, 0.2) is 32.6 Å². The van der Waals surface area contributed by atoms with E-state index >= 15 is 9.59 Å². The van der Waals surface area contributed by atoms with E-state index in [1.54, 1.807) is 77.9 Å². The number of fused-ring (bicyclic) bond motifs is 6. The van der Waals surface area contributed by atoms with Crippen LogP contribution in [0.1, 0.15) is 116 Å². The van der Waals surface area contributed by atoms with E-state index in [0.717, 1.165) is 6.92 Å². The van der Waals surface area contributed by atoms with Crippen molar-refractivity contribution in [2.24, 2.45) is 28.6 Å². The Morgan fingerprint density at radius 3 is 2.07 bits per heavy atom. The smallest absolute Gasteiger partial charge is 0.408 e.